The minimum absolute atomic E-state index is 0.322. The predicted molar refractivity (Wildman–Crippen MR) is 106 cm³/mol. The van der Waals surface area contributed by atoms with Crippen LogP contribution in [0.2, 0.25) is 0 Å². The van der Waals surface area contributed by atoms with Crippen molar-refractivity contribution in [3.8, 4) is 11.1 Å². The standard InChI is InChI=1S/C20H24N4O5/c1-13(25)18(20(27)23-28)22-19(26)15-4-2-14(3-5-15)16-6-7-17(21-12-16)24-8-10-29-11-9-24/h2-7,12-13,18,25,28H,8-11H2,1H3,(H,22,26)(H,23,27)/t13-,18?/m1/s1. The highest BCUT2D eigenvalue weighted by Gasteiger charge is 2.25. The third-order valence-corrected chi connectivity index (χ3v) is 4.73. The van der Waals surface area contributed by atoms with Gasteiger partial charge in [-0.3, -0.25) is 14.8 Å². The zero-order chi connectivity index (χ0) is 20.8. The summed E-state index contributed by atoms with van der Waals surface area (Å²) in [5.41, 5.74) is 3.56. The Balaban J connectivity index is 1.67. The van der Waals surface area contributed by atoms with E-state index in [1.165, 1.54) is 12.4 Å². The molecule has 154 valence electrons. The SMILES string of the molecule is C[C@@H](O)C(NC(=O)c1ccc(-c2ccc(N3CCOCC3)nc2)cc1)C(=O)NO. The van der Waals surface area contributed by atoms with Crippen LogP contribution in [0.25, 0.3) is 11.1 Å². The lowest BCUT2D eigenvalue weighted by Crippen LogP contribution is -2.51. The molecule has 29 heavy (non-hydrogen) atoms. The van der Waals surface area contributed by atoms with Crippen LogP contribution in [0.3, 0.4) is 0 Å². The fraction of sp³-hybridized carbons (Fsp3) is 0.350. The number of aliphatic hydroxyl groups excluding tert-OH is 1. The van der Waals surface area contributed by atoms with E-state index in [9.17, 15) is 14.7 Å². The van der Waals surface area contributed by atoms with E-state index >= 15 is 0 Å². The molecule has 2 amide bonds. The third-order valence-electron chi connectivity index (χ3n) is 4.73. The van der Waals surface area contributed by atoms with Gasteiger partial charge in [0.15, 0.2) is 0 Å². The van der Waals surface area contributed by atoms with E-state index in [4.69, 9.17) is 9.94 Å². The van der Waals surface area contributed by atoms with Gasteiger partial charge in [0.25, 0.3) is 11.8 Å². The van der Waals surface area contributed by atoms with Crippen LogP contribution in [-0.2, 0) is 9.53 Å². The van der Waals surface area contributed by atoms with Gasteiger partial charge in [-0.1, -0.05) is 12.1 Å². The summed E-state index contributed by atoms with van der Waals surface area (Å²) in [7, 11) is 0. The number of ether oxygens (including phenoxy) is 1. The molecule has 0 bridgehead atoms. The highest BCUT2D eigenvalue weighted by atomic mass is 16.5. The van der Waals surface area contributed by atoms with Gasteiger partial charge < -0.3 is 20.1 Å². The lowest BCUT2D eigenvalue weighted by atomic mass is 10.0. The Labute approximate surface area is 168 Å². The van der Waals surface area contributed by atoms with E-state index in [2.05, 4.69) is 15.2 Å². The molecule has 2 heterocycles. The second-order valence-corrected chi connectivity index (χ2v) is 6.75. The first-order valence-corrected chi connectivity index (χ1v) is 9.31. The molecule has 1 saturated heterocycles. The second-order valence-electron chi connectivity index (χ2n) is 6.75. The first-order chi connectivity index (χ1) is 14.0. The highest BCUT2D eigenvalue weighted by molar-refractivity contribution is 5.97. The highest BCUT2D eigenvalue weighted by Crippen LogP contribution is 2.22. The molecular weight excluding hydrogens is 376 g/mol. The van der Waals surface area contributed by atoms with E-state index in [0.717, 1.165) is 30.0 Å². The Kier molecular flexibility index (Phi) is 6.76. The Morgan fingerprint density at radius 3 is 2.31 bits per heavy atom. The zero-order valence-corrected chi connectivity index (χ0v) is 16.0. The number of nitrogens with one attached hydrogen (secondary N) is 2. The average Bonchev–Trinajstić information content (AvgIpc) is 2.77. The molecule has 1 unspecified atom stereocenters. The molecule has 1 aromatic heterocycles. The Morgan fingerprint density at radius 2 is 1.76 bits per heavy atom. The van der Waals surface area contributed by atoms with Crippen molar-refractivity contribution in [2.24, 2.45) is 0 Å². The lowest BCUT2D eigenvalue weighted by molar-refractivity contribution is -0.133. The number of hydrogen-bond acceptors (Lipinski definition) is 7. The summed E-state index contributed by atoms with van der Waals surface area (Å²) in [6.07, 6.45) is 0.621. The molecule has 9 heteroatoms. The van der Waals surface area contributed by atoms with E-state index in [0.29, 0.717) is 18.8 Å². The van der Waals surface area contributed by atoms with Crippen LogP contribution in [-0.4, -0.2) is 65.6 Å². The number of amides is 2. The molecule has 3 rings (SSSR count). The molecule has 1 fully saturated rings. The number of rotatable bonds is 6. The fourth-order valence-electron chi connectivity index (χ4n) is 3.05. The minimum Gasteiger partial charge on any atom is -0.391 e. The molecule has 9 nitrogen and oxygen atoms in total. The van der Waals surface area contributed by atoms with E-state index in [1.807, 2.05) is 12.1 Å². The normalized spacial score (nSPS) is 16.0. The number of pyridine rings is 1. The van der Waals surface area contributed by atoms with Crippen molar-refractivity contribution in [2.75, 3.05) is 31.2 Å². The van der Waals surface area contributed by atoms with Gasteiger partial charge in [0, 0.05) is 30.4 Å². The Bertz CT molecular complexity index is 833. The maximum absolute atomic E-state index is 12.3. The quantitative estimate of drug-likeness (QED) is 0.413. The summed E-state index contributed by atoms with van der Waals surface area (Å²) in [5, 5.41) is 20.7. The maximum Gasteiger partial charge on any atom is 0.268 e. The zero-order valence-electron chi connectivity index (χ0n) is 16.0. The number of hydroxylamine groups is 1. The molecule has 0 spiro atoms. The van der Waals surface area contributed by atoms with Crippen molar-refractivity contribution in [3.05, 3.63) is 48.2 Å². The number of carbonyl (C=O) groups excluding carboxylic acids is 2. The van der Waals surface area contributed by atoms with Crippen molar-refractivity contribution in [1.29, 1.82) is 0 Å². The summed E-state index contributed by atoms with van der Waals surface area (Å²) < 4.78 is 5.35. The number of morpholine rings is 1. The van der Waals surface area contributed by atoms with Crippen molar-refractivity contribution < 1.29 is 24.6 Å². The minimum atomic E-state index is -1.26. The summed E-state index contributed by atoms with van der Waals surface area (Å²) in [4.78, 5) is 30.6. The molecule has 2 atom stereocenters. The molecule has 0 aliphatic carbocycles. The van der Waals surface area contributed by atoms with Crippen LogP contribution in [0, 0.1) is 0 Å². The van der Waals surface area contributed by atoms with Gasteiger partial charge in [-0.25, -0.2) is 10.5 Å². The molecule has 4 N–H and O–H groups in total. The van der Waals surface area contributed by atoms with E-state index in [-0.39, 0.29) is 0 Å². The molecular formula is C20H24N4O5. The van der Waals surface area contributed by atoms with E-state index < -0.39 is 24.0 Å². The van der Waals surface area contributed by atoms with Crippen molar-refractivity contribution in [2.45, 2.75) is 19.1 Å². The molecule has 0 saturated carbocycles. The number of anilines is 1. The summed E-state index contributed by atoms with van der Waals surface area (Å²) in [6.45, 7) is 4.37. The number of carbonyl (C=O) groups is 2. The largest absolute Gasteiger partial charge is 0.391 e. The fourth-order valence-corrected chi connectivity index (χ4v) is 3.05. The summed E-state index contributed by atoms with van der Waals surface area (Å²) in [6, 6.07) is 9.48. The first-order valence-electron chi connectivity index (χ1n) is 9.31. The summed E-state index contributed by atoms with van der Waals surface area (Å²) >= 11 is 0. The third kappa shape index (κ3) is 5.08. The number of aliphatic hydroxyl groups is 1. The van der Waals surface area contributed by atoms with Crippen molar-refractivity contribution in [3.63, 3.8) is 0 Å². The van der Waals surface area contributed by atoms with Crippen molar-refractivity contribution in [1.82, 2.24) is 15.8 Å². The molecule has 0 radical (unpaired) electrons. The molecule has 1 aromatic carbocycles. The van der Waals surface area contributed by atoms with Crippen LogP contribution in [0.15, 0.2) is 42.6 Å². The van der Waals surface area contributed by atoms with Crippen LogP contribution in [0.4, 0.5) is 5.82 Å². The number of benzene rings is 1. The molecule has 1 aliphatic heterocycles. The smallest absolute Gasteiger partial charge is 0.268 e. The number of nitrogens with zero attached hydrogens (tertiary/aromatic N) is 2. The maximum atomic E-state index is 12.3. The van der Waals surface area contributed by atoms with Gasteiger partial charge in [-0.2, -0.15) is 0 Å². The first kappa shape index (κ1) is 20.7. The van der Waals surface area contributed by atoms with E-state index in [1.54, 1.807) is 30.5 Å². The van der Waals surface area contributed by atoms with Crippen molar-refractivity contribution >= 4 is 17.6 Å². The molecule has 1 aliphatic rings. The van der Waals surface area contributed by atoms with Gasteiger partial charge >= 0.3 is 0 Å². The topological polar surface area (TPSA) is 124 Å². The lowest BCUT2D eigenvalue weighted by Gasteiger charge is -2.27. The molecule has 2 aromatic rings. The predicted octanol–water partition coefficient (Wildman–Crippen LogP) is 0.570. The van der Waals surface area contributed by atoms with Crippen LogP contribution < -0.4 is 15.7 Å². The van der Waals surface area contributed by atoms with Gasteiger partial charge in [0.05, 0.1) is 19.3 Å². The Hall–Kier alpha value is -3.01. The average molecular weight is 400 g/mol. The monoisotopic (exact) mass is 400 g/mol. The van der Waals surface area contributed by atoms with Crippen LogP contribution in [0.1, 0.15) is 17.3 Å². The Morgan fingerprint density at radius 1 is 1.10 bits per heavy atom. The van der Waals surface area contributed by atoms with Crippen LogP contribution in [0.5, 0.6) is 0 Å². The number of aromatic nitrogens is 1. The summed E-state index contributed by atoms with van der Waals surface area (Å²) in [5.74, 6) is -0.525. The second kappa shape index (κ2) is 9.46. The number of hydrogen-bond donors (Lipinski definition) is 4. The van der Waals surface area contributed by atoms with Gasteiger partial charge in [0.2, 0.25) is 0 Å². The van der Waals surface area contributed by atoms with Crippen LogP contribution >= 0.6 is 0 Å². The van der Waals surface area contributed by atoms with Gasteiger partial charge in [0.1, 0.15) is 11.9 Å². The van der Waals surface area contributed by atoms with Gasteiger partial charge in [-0.15, -0.1) is 0 Å². The van der Waals surface area contributed by atoms with Gasteiger partial charge in [-0.05, 0) is 36.8 Å².